The van der Waals surface area contributed by atoms with Gasteiger partial charge in [0.25, 0.3) is 0 Å². The maximum Gasteiger partial charge on any atom is 0.460 e. The van der Waals surface area contributed by atoms with E-state index in [-0.39, 0.29) is 0 Å². The quantitative estimate of drug-likeness (QED) is 0.143. The molecule has 0 aromatic heterocycles. The van der Waals surface area contributed by atoms with Gasteiger partial charge < -0.3 is 4.74 Å². The highest BCUT2D eigenvalue weighted by molar-refractivity contribution is 14.1. The van der Waals surface area contributed by atoms with Gasteiger partial charge >= 0.3 is 47.7 Å². The van der Waals surface area contributed by atoms with Crippen LogP contribution in [0.4, 0.5) is 57.1 Å². The minimum Gasteiger partial charge on any atom is -0.393 e. The summed E-state index contributed by atoms with van der Waals surface area (Å²) in [6, 6.07) is 0. The maximum absolute atomic E-state index is 14.7. The predicted octanol–water partition coefficient (Wildman–Crippen LogP) is 5.11. The largest absolute Gasteiger partial charge is 0.460 e. The summed E-state index contributed by atoms with van der Waals surface area (Å²) in [5.74, 6) is -49.5. The second-order valence-corrected chi connectivity index (χ2v) is 9.18. The first kappa shape index (κ1) is 25.6. The predicted molar refractivity (Wildman–Crippen MR) is 81.8 cm³/mol. The molecule has 1 saturated heterocycles. The Hall–Kier alpha value is -1.04. The Bertz CT molecular complexity index is 839. The van der Waals surface area contributed by atoms with Gasteiger partial charge in [-0.15, -0.1) is 0 Å². The van der Waals surface area contributed by atoms with Crippen molar-refractivity contribution in [3.8, 4) is 0 Å². The molecular weight excluding hydrogens is 602 g/mol. The molecule has 17 heteroatoms. The standard InChI is InChI=1S/C15H8F13IO3/c16-10(17,6-2-1-3(7(6)29)5-4(2)8(30)32-9(5)31)11(18,19)12(20,21)13(22,23)14(24,25)15(26,27)28/h2-7H,1H2. The Kier molecular flexibility index (Phi) is 5.41. The molecule has 3 aliphatic rings. The van der Waals surface area contributed by atoms with Gasteiger partial charge in [0.1, 0.15) is 0 Å². The first-order chi connectivity index (χ1) is 14.1. The number of carbonyl (C=O) groups is 2. The summed E-state index contributed by atoms with van der Waals surface area (Å²) in [5.41, 5.74) is 0. The van der Waals surface area contributed by atoms with E-state index in [0.717, 1.165) is 22.6 Å². The van der Waals surface area contributed by atoms with Gasteiger partial charge in [-0.3, -0.25) is 9.59 Å². The minimum absolute atomic E-state index is 0.583. The van der Waals surface area contributed by atoms with Crippen molar-refractivity contribution in [2.75, 3.05) is 0 Å². The number of alkyl halides is 14. The van der Waals surface area contributed by atoms with Gasteiger partial charge in [0.15, 0.2) is 0 Å². The summed E-state index contributed by atoms with van der Waals surface area (Å²) in [4.78, 5) is 23.4. The van der Waals surface area contributed by atoms with E-state index >= 15 is 0 Å². The molecule has 0 N–H and O–H groups in total. The van der Waals surface area contributed by atoms with Crippen LogP contribution in [0.3, 0.4) is 0 Å². The number of carbonyl (C=O) groups excluding carboxylic acids is 2. The number of hydrogen-bond donors (Lipinski definition) is 0. The summed E-state index contributed by atoms with van der Waals surface area (Å²) >= 11 is 1.03. The molecule has 6 unspecified atom stereocenters. The fourth-order valence-electron chi connectivity index (χ4n) is 4.68. The zero-order chi connectivity index (χ0) is 25.0. The van der Waals surface area contributed by atoms with Gasteiger partial charge in [-0.05, 0) is 18.3 Å². The Balaban J connectivity index is 2.04. The van der Waals surface area contributed by atoms with E-state index in [0.29, 0.717) is 0 Å². The Labute approximate surface area is 182 Å². The molecule has 3 nitrogen and oxygen atoms in total. The summed E-state index contributed by atoms with van der Waals surface area (Å²) in [6.07, 6.45) is -8.06. The van der Waals surface area contributed by atoms with E-state index in [4.69, 9.17) is 0 Å². The number of halogens is 14. The van der Waals surface area contributed by atoms with E-state index in [1.807, 2.05) is 0 Å². The average molecular weight is 610 g/mol. The van der Waals surface area contributed by atoms with Gasteiger partial charge in [0.05, 0.1) is 11.8 Å². The number of esters is 2. The molecule has 2 saturated carbocycles. The fraction of sp³-hybridized carbons (Fsp3) is 0.867. The third-order valence-electron chi connectivity index (χ3n) is 6.19. The number of fused-ring (bicyclic) bond motifs is 5. The number of ether oxygens (including phenoxy) is 1. The lowest BCUT2D eigenvalue weighted by Crippen LogP contribution is -2.71. The fourth-order valence-corrected chi connectivity index (χ4v) is 6.40. The third-order valence-corrected chi connectivity index (χ3v) is 7.89. The highest BCUT2D eigenvalue weighted by Crippen LogP contribution is 2.68. The monoisotopic (exact) mass is 610 g/mol. The lowest BCUT2D eigenvalue weighted by molar-refractivity contribution is -0.443. The molecule has 1 heterocycles. The van der Waals surface area contributed by atoms with Crippen LogP contribution in [0.25, 0.3) is 0 Å². The molecule has 0 amide bonds. The highest BCUT2D eigenvalue weighted by Gasteiger charge is 2.92. The van der Waals surface area contributed by atoms with Crippen molar-refractivity contribution < 1.29 is 71.4 Å². The van der Waals surface area contributed by atoms with Crippen LogP contribution in [-0.2, 0) is 14.3 Å². The first-order valence-corrected chi connectivity index (χ1v) is 9.67. The van der Waals surface area contributed by atoms with Crippen LogP contribution in [0, 0.1) is 29.6 Å². The van der Waals surface area contributed by atoms with Crippen molar-refractivity contribution in [3.63, 3.8) is 0 Å². The SMILES string of the molecule is O=C1OC(=O)C2C3CC(C(I)C3C(F)(F)C(F)(F)C(F)(F)C(F)(F)C(F)(F)C(F)(F)F)C12. The van der Waals surface area contributed by atoms with E-state index in [1.165, 1.54) is 0 Å². The Morgan fingerprint density at radius 2 is 1.06 bits per heavy atom. The van der Waals surface area contributed by atoms with Gasteiger partial charge in [-0.25, -0.2) is 0 Å². The van der Waals surface area contributed by atoms with Crippen molar-refractivity contribution >= 4 is 34.5 Å². The lowest BCUT2D eigenvalue weighted by Gasteiger charge is -2.44. The molecular formula is C15H8F13IO3. The summed E-state index contributed by atoms with van der Waals surface area (Å²) in [7, 11) is 0. The Morgan fingerprint density at radius 3 is 1.50 bits per heavy atom. The summed E-state index contributed by atoms with van der Waals surface area (Å²) in [5, 5.41) is 0. The maximum atomic E-state index is 14.7. The van der Waals surface area contributed by atoms with E-state index in [9.17, 15) is 66.7 Å². The van der Waals surface area contributed by atoms with Gasteiger partial charge in [0, 0.05) is 9.84 Å². The first-order valence-electron chi connectivity index (χ1n) is 8.42. The Morgan fingerprint density at radius 1 is 0.656 bits per heavy atom. The van der Waals surface area contributed by atoms with Gasteiger partial charge in [-0.2, -0.15) is 57.1 Å². The van der Waals surface area contributed by atoms with Crippen LogP contribution in [0.2, 0.25) is 0 Å². The normalized spacial score (nSPS) is 34.2. The van der Waals surface area contributed by atoms with Gasteiger partial charge in [-0.1, -0.05) is 22.6 Å². The number of hydrogen-bond acceptors (Lipinski definition) is 3. The van der Waals surface area contributed by atoms with Crippen molar-refractivity contribution in [1.29, 1.82) is 0 Å². The molecule has 3 rings (SSSR count). The minimum atomic E-state index is -7.98. The van der Waals surface area contributed by atoms with Crippen molar-refractivity contribution in [1.82, 2.24) is 0 Å². The second-order valence-electron chi connectivity index (χ2n) is 7.74. The molecule has 0 spiro atoms. The average Bonchev–Trinajstić information content (AvgIpc) is 3.23. The zero-order valence-electron chi connectivity index (χ0n) is 14.7. The van der Waals surface area contributed by atoms with Crippen molar-refractivity contribution in [3.05, 3.63) is 0 Å². The summed E-state index contributed by atoms with van der Waals surface area (Å²) in [6.45, 7) is 0. The number of cyclic esters (lactones) is 2. The summed E-state index contributed by atoms with van der Waals surface area (Å²) < 4.78 is 177. The molecule has 0 radical (unpaired) electrons. The molecule has 1 aliphatic heterocycles. The molecule has 184 valence electrons. The zero-order valence-corrected chi connectivity index (χ0v) is 16.8. The molecule has 0 aromatic rings. The molecule has 32 heavy (non-hydrogen) atoms. The van der Waals surface area contributed by atoms with Crippen LogP contribution >= 0.6 is 22.6 Å². The molecule has 3 fully saturated rings. The van der Waals surface area contributed by atoms with Crippen molar-refractivity contribution in [2.24, 2.45) is 29.6 Å². The van der Waals surface area contributed by atoms with E-state index in [2.05, 4.69) is 4.74 Å². The molecule has 2 bridgehead atoms. The van der Waals surface area contributed by atoms with Crippen molar-refractivity contribution in [2.45, 2.75) is 46.1 Å². The number of rotatable bonds is 5. The molecule has 2 aliphatic carbocycles. The third kappa shape index (κ3) is 2.80. The van der Waals surface area contributed by atoms with Crippen LogP contribution in [0.1, 0.15) is 6.42 Å². The van der Waals surface area contributed by atoms with Crippen LogP contribution in [0.15, 0.2) is 0 Å². The molecule has 6 atom stereocenters. The van der Waals surface area contributed by atoms with Crippen LogP contribution in [-0.4, -0.2) is 51.7 Å². The second kappa shape index (κ2) is 6.76. The smallest absolute Gasteiger partial charge is 0.393 e. The molecule has 0 aromatic carbocycles. The van der Waals surface area contributed by atoms with Gasteiger partial charge in [0.2, 0.25) is 0 Å². The van der Waals surface area contributed by atoms with Crippen LogP contribution < -0.4 is 0 Å². The highest BCUT2D eigenvalue weighted by atomic mass is 127. The topological polar surface area (TPSA) is 43.4 Å². The van der Waals surface area contributed by atoms with E-state index in [1.54, 1.807) is 0 Å². The van der Waals surface area contributed by atoms with E-state index < -0.39 is 87.7 Å². The lowest BCUT2D eigenvalue weighted by atomic mass is 9.70. The van der Waals surface area contributed by atoms with Crippen LogP contribution in [0.5, 0.6) is 0 Å².